The molecule has 14 heavy (non-hydrogen) atoms. The minimum Gasteiger partial charge on any atom is -0.434 e. The van der Waals surface area contributed by atoms with Crippen LogP contribution in [0.15, 0.2) is 27.8 Å². The molecule has 0 saturated carbocycles. The Hall–Kier alpha value is -1.17. The maximum absolute atomic E-state index is 11.9. The molecule has 0 radical (unpaired) electrons. The lowest BCUT2D eigenvalue weighted by Gasteiger charge is -2.06. The Bertz CT molecular complexity index is 344. The molecule has 1 aromatic rings. The van der Waals surface area contributed by atoms with Gasteiger partial charge in [-0.25, -0.2) is 0 Å². The molecule has 0 amide bonds. The number of hydrazone groups is 1. The maximum atomic E-state index is 11.9. The van der Waals surface area contributed by atoms with Crippen LogP contribution in [0.2, 0.25) is 0 Å². The third-order valence-electron chi connectivity index (χ3n) is 1.40. The molecule has 2 N–H and O–H groups in total. The van der Waals surface area contributed by atoms with Gasteiger partial charge in [-0.2, -0.15) is 13.9 Å². The van der Waals surface area contributed by atoms with Gasteiger partial charge in [-0.3, -0.25) is 0 Å². The first-order chi connectivity index (χ1) is 6.63. The minimum absolute atomic E-state index is 0.0779. The summed E-state index contributed by atoms with van der Waals surface area (Å²) in [4.78, 5) is 0. The van der Waals surface area contributed by atoms with E-state index >= 15 is 0 Å². The zero-order valence-electron chi connectivity index (χ0n) is 6.95. The van der Waals surface area contributed by atoms with Crippen molar-refractivity contribution in [1.29, 1.82) is 0 Å². The van der Waals surface area contributed by atoms with E-state index in [1.54, 1.807) is 12.1 Å². The van der Waals surface area contributed by atoms with Crippen LogP contribution in [0.1, 0.15) is 5.56 Å². The highest BCUT2D eigenvalue weighted by atomic mass is 79.9. The molecule has 1 aromatic carbocycles. The topological polar surface area (TPSA) is 47.6 Å². The lowest BCUT2D eigenvalue weighted by molar-refractivity contribution is -0.0503. The van der Waals surface area contributed by atoms with Crippen molar-refractivity contribution in [2.24, 2.45) is 10.9 Å². The molecule has 0 bridgehead atoms. The fourth-order valence-electron chi connectivity index (χ4n) is 0.875. The van der Waals surface area contributed by atoms with Crippen LogP contribution in [0.25, 0.3) is 0 Å². The van der Waals surface area contributed by atoms with E-state index in [0.29, 0.717) is 10.0 Å². The second-order valence-electron chi connectivity index (χ2n) is 2.35. The lowest BCUT2D eigenvalue weighted by atomic mass is 10.2. The highest BCUT2D eigenvalue weighted by Gasteiger charge is 2.07. The fraction of sp³-hybridized carbons (Fsp3) is 0.125. The average molecular weight is 265 g/mol. The number of hydrogen-bond acceptors (Lipinski definition) is 3. The Morgan fingerprint density at radius 1 is 1.50 bits per heavy atom. The smallest absolute Gasteiger partial charge is 0.387 e. The van der Waals surface area contributed by atoms with E-state index in [9.17, 15) is 8.78 Å². The van der Waals surface area contributed by atoms with Gasteiger partial charge in [0.25, 0.3) is 0 Å². The van der Waals surface area contributed by atoms with Gasteiger partial charge in [0.05, 0.1) is 10.7 Å². The molecule has 1 rings (SSSR count). The Labute approximate surface area is 87.7 Å². The van der Waals surface area contributed by atoms with Gasteiger partial charge in [0, 0.05) is 0 Å². The molecule has 0 unspecified atom stereocenters. The number of nitrogens with zero attached hydrogens (tertiary/aromatic N) is 1. The van der Waals surface area contributed by atoms with Gasteiger partial charge in [-0.05, 0) is 39.7 Å². The van der Waals surface area contributed by atoms with Crippen molar-refractivity contribution >= 4 is 22.1 Å². The van der Waals surface area contributed by atoms with Crippen LogP contribution in [-0.2, 0) is 0 Å². The normalized spacial score (nSPS) is 11.1. The fourth-order valence-corrected chi connectivity index (χ4v) is 1.36. The van der Waals surface area contributed by atoms with Crippen LogP contribution in [0, 0.1) is 0 Å². The van der Waals surface area contributed by atoms with Crippen LogP contribution in [-0.4, -0.2) is 12.8 Å². The molecule has 0 atom stereocenters. The van der Waals surface area contributed by atoms with E-state index in [1.807, 2.05) is 0 Å². The molecule has 0 fully saturated rings. The number of halogens is 3. The summed E-state index contributed by atoms with van der Waals surface area (Å²) in [6.07, 6.45) is 1.40. The van der Waals surface area contributed by atoms with Crippen molar-refractivity contribution in [3.63, 3.8) is 0 Å². The van der Waals surface area contributed by atoms with Gasteiger partial charge in [0.1, 0.15) is 5.75 Å². The number of alkyl halides is 2. The van der Waals surface area contributed by atoms with Gasteiger partial charge in [0.2, 0.25) is 0 Å². The van der Waals surface area contributed by atoms with Crippen molar-refractivity contribution in [2.75, 3.05) is 0 Å². The summed E-state index contributed by atoms with van der Waals surface area (Å²) in [7, 11) is 0. The quantitative estimate of drug-likeness (QED) is 0.518. The zero-order valence-corrected chi connectivity index (χ0v) is 8.54. The van der Waals surface area contributed by atoms with E-state index in [4.69, 9.17) is 5.84 Å². The third kappa shape index (κ3) is 2.95. The molecule has 0 aliphatic heterocycles. The maximum Gasteiger partial charge on any atom is 0.387 e. The minimum atomic E-state index is -2.83. The van der Waals surface area contributed by atoms with Crippen LogP contribution >= 0.6 is 15.9 Å². The van der Waals surface area contributed by atoms with E-state index < -0.39 is 6.61 Å². The Morgan fingerprint density at radius 2 is 2.21 bits per heavy atom. The molecule has 0 aromatic heterocycles. The first-order valence-electron chi connectivity index (χ1n) is 3.61. The van der Waals surface area contributed by atoms with Crippen molar-refractivity contribution in [2.45, 2.75) is 6.61 Å². The summed E-state index contributed by atoms with van der Waals surface area (Å²) >= 11 is 3.08. The van der Waals surface area contributed by atoms with Gasteiger partial charge in [-0.15, -0.1) is 0 Å². The monoisotopic (exact) mass is 264 g/mol. The Morgan fingerprint density at radius 3 is 2.71 bits per heavy atom. The first-order valence-corrected chi connectivity index (χ1v) is 4.40. The second-order valence-corrected chi connectivity index (χ2v) is 3.20. The third-order valence-corrected chi connectivity index (χ3v) is 2.02. The summed E-state index contributed by atoms with van der Waals surface area (Å²) in [5.74, 6) is 5.01. The molecular formula is C8H7BrF2N2O. The predicted octanol–water partition coefficient (Wildman–Crippen LogP) is 2.34. The summed E-state index contributed by atoms with van der Waals surface area (Å²) in [5, 5.41) is 3.30. The van der Waals surface area contributed by atoms with Gasteiger partial charge < -0.3 is 10.6 Å². The number of benzene rings is 1. The Kier molecular flexibility index (Phi) is 3.82. The molecule has 0 aliphatic carbocycles. The summed E-state index contributed by atoms with van der Waals surface area (Å²) in [6.45, 7) is -2.83. The number of ether oxygens (including phenoxy) is 1. The summed E-state index contributed by atoms with van der Waals surface area (Å²) in [5.41, 5.74) is 0.695. The second kappa shape index (κ2) is 4.90. The highest BCUT2D eigenvalue weighted by molar-refractivity contribution is 9.10. The first kappa shape index (κ1) is 10.9. The van der Waals surface area contributed by atoms with E-state index in [1.165, 1.54) is 12.3 Å². The zero-order chi connectivity index (χ0) is 10.6. The van der Waals surface area contributed by atoms with Crippen LogP contribution in [0.4, 0.5) is 8.78 Å². The molecule has 3 nitrogen and oxygen atoms in total. The summed E-state index contributed by atoms with van der Waals surface area (Å²) in [6, 6.07) is 4.56. The van der Waals surface area contributed by atoms with Crippen molar-refractivity contribution in [1.82, 2.24) is 0 Å². The van der Waals surface area contributed by atoms with Crippen molar-refractivity contribution < 1.29 is 13.5 Å². The lowest BCUT2D eigenvalue weighted by Crippen LogP contribution is -2.02. The van der Waals surface area contributed by atoms with Crippen LogP contribution < -0.4 is 10.6 Å². The standard InChI is InChI=1S/C8H7BrF2N2O/c9-6-3-5(4-13-12)1-2-7(6)14-8(10)11/h1-4,8H,12H2. The van der Waals surface area contributed by atoms with Crippen LogP contribution in [0.5, 0.6) is 5.75 Å². The van der Waals surface area contributed by atoms with Crippen molar-refractivity contribution in [3.8, 4) is 5.75 Å². The van der Waals surface area contributed by atoms with E-state index in [0.717, 1.165) is 0 Å². The Balaban J connectivity index is 2.89. The largest absolute Gasteiger partial charge is 0.434 e. The molecule has 0 spiro atoms. The number of hydrogen-bond donors (Lipinski definition) is 1. The molecular weight excluding hydrogens is 258 g/mol. The SMILES string of the molecule is NN=Cc1ccc(OC(F)F)c(Br)c1. The molecule has 0 saturated heterocycles. The predicted molar refractivity (Wildman–Crippen MR) is 52.6 cm³/mol. The molecule has 76 valence electrons. The van der Waals surface area contributed by atoms with E-state index in [2.05, 4.69) is 25.8 Å². The average Bonchev–Trinajstić information content (AvgIpc) is 2.10. The van der Waals surface area contributed by atoms with Gasteiger partial charge >= 0.3 is 6.61 Å². The van der Waals surface area contributed by atoms with Crippen molar-refractivity contribution in [3.05, 3.63) is 28.2 Å². The van der Waals surface area contributed by atoms with Crippen LogP contribution in [0.3, 0.4) is 0 Å². The molecule has 0 aliphatic rings. The van der Waals surface area contributed by atoms with E-state index in [-0.39, 0.29) is 5.75 Å². The molecule has 6 heteroatoms. The highest BCUT2D eigenvalue weighted by Crippen LogP contribution is 2.26. The summed E-state index contributed by atoms with van der Waals surface area (Å²) < 4.78 is 28.4. The van der Waals surface area contributed by atoms with Gasteiger partial charge in [-0.1, -0.05) is 0 Å². The van der Waals surface area contributed by atoms with Gasteiger partial charge in [0.15, 0.2) is 0 Å². The molecule has 0 heterocycles. The number of rotatable bonds is 3. The number of nitrogens with two attached hydrogens (primary N) is 1.